The molecule has 0 unspecified atom stereocenters. The number of fused-ring (bicyclic) bond motifs is 3. The molecule has 11 nitrogen and oxygen atoms in total. The molecule has 0 saturated carbocycles. The molecule has 2 aromatic carbocycles. The zero-order valence-corrected chi connectivity index (χ0v) is 23.3. The van der Waals surface area contributed by atoms with Crippen molar-refractivity contribution in [1.29, 1.82) is 0 Å². The molecule has 2 amide bonds. The molecule has 0 spiro atoms. The second-order valence-electron chi connectivity index (χ2n) is 10.4. The van der Waals surface area contributed by atoms with Crippen molar-refractivity contribution in [3.63, 3.8) is 0 Å². The molecule has 13 heteroatoms. The predicted molar refractivity (Wildman–Crippen MR) is 150 cm³/mol. The molecule has 42 heavy (non-hydrogen) atoms. The van der Waals surface area contributed by atoms with Gasteiger partial charge in [-0.2, -0.15) is 5.10 Å². The topological polar surface area (TPSA) is 147 Å². The number of allylic oxidation sites excluding steroid dienone is 1. The standard InChI is InChI=1S/C29H30F2N6O5/c1-29(2)15-41-5-4-36(29)28(39)26-22-14-42-24-10-23(40-3)20(16(11-32)12-34-13-25(33)38)9-21(24)27(22)37(35-26)19-7-17(30)6-18(31)8-19/h6-12H,4-5,13-15,32H2,1-3H3,(H2,33,38). The first-order valence-corrected chi connectivity index (χ1v) is 13.1. The zero-order chi connectivity index (χ0) is 30.2. The molecule has 0 radical (unpaired) electrons. The van der Waals surface area contributed by atoms with Crippen LogP contribution in [-0.4, -0.2) is 71.7 Å². The lowest BCUT2D eigenvalue weighted by molar-refractivity contribution is -0.116. The molecule has 2 aliphatic rings. The number of nitrogens with two attached hydrogens (primary N) is 2. The number of nitrogens with zero attached hydrogens (tertiary/aromatic N) is 4. The van der Waals surface area contributed by atoms with Crippen LogP contribution in [0.1, 0.15) is 35.5 Å². The van der Waals surface area contributed by atoms with E-state index < -0.39 is 23.1 Å². The van der Waals surface area contributed by atoms with Gasteiger partial charge in [-0.1, -0.05) is 0 Å². The highest BCUT2D eigenvalue weighted by Gasteiger charge is 2.39. The molecule has 2 aliphatic heterocycles. The fourth-order valence-corrected chi connectivity index (χ4v) is 5.09. The van der Waals surface area contributed by atoms with Crippen molar-refractivity contribution in [1.82, 2.24) is 14.7 Å². The molecule has 0 aliphatic carbocycles. The summed E-state index contributed by atoms with van der Waals surface area (Å²) in [5, 5.41) is 4.61. The molecule has 5 rings (SSSR count). The van der Waals surface area contributed by atoms with Crippen LogP contribution in [0.2, 0.25) is 0 Å². The minimum Gasteiger partial charge on any atom is -0.496 e. The highest BCUT2D eigenvalue weighted by Crippen LogP contribution is 2.45. The normalized spacial score (nSPS) is 16.1. The Morgan fingerprint density at radius 3 is 2.57 bits per heavy atom. The van der Waals surface area contributed by atoms with Crippen LogP contribution in [0.15, 0.2) is 41.5 Å². The molecule has 3 heterocycles. The van der Waals surface area contributed by atoms with Gasteiger partial charge in [-0.05, 0) is 32.0 Å². The molecule has 4 N–H and O–H groups in total. The molecule has 1 saturated heterocycles. The summed E-state index contributed by atoms with van der Waals surface area (Å²) >= 11 is 0. The van der Waals surface area contributed by atoms with Crippen molar-refractivity contribution in [2.24, 2.45) is 16.5 Å². The Bertz CT molecular complexity index is 1610. The number of carbonyl (C=O) groups excluding carboxylic acids is 2. The van der Waals surface area contributed by atoms with Gasteiger partial charge < -0.3 is 30.6 Å². The minimum atomic E-state index is -0.807. The van der Waals surface area contributed by atoms with Gasteiger partial charge in [-0.3, -0.25) is 14.6 Å². The number of morpholine rings is 1. The van der Waals surface area contributed by atoms with E-state index in [-0.39, 0.29) is 30.4 Å². The third kappa shape index (κ3) is 5.30. The number of hydrogen-bond acceptors (Lipinski definition) is 8. The Kier molecular flexibility index (Phi) is 7.69. The number of hydrogen-bond donors (Lipinski definition) is 2. The van der Waals surface area contributed by atoms with Crippen molar-refractivity contribution < 1.29 is 32.6 Å². The van der Waals surface area contributed by atoms with Gasteiger partial charge in [0.15, 0.2) is 5.69 Å². The van der Waals surface area contributed by atoms with E-state index in [1.54, 1.807) is 17.0 Å². The summed E-state index contributed by atoms with van der Waals surface area (Å²) in [7, 11) is 1.47. The first kappa shape index (κ1) is 28.7. The zero-order valence-electron chi connectivity index (χ0n) is 23.3. The van der Waals surface area contributed by atoms with Crippen LogP contribution in [0.3, 0.4) is 0 Å². The first-order chi connectivity index (χ1) is 20.0. The van der Waals surface area contributed by atoms with Gasteiger partial charge in [0, 0.05) is 53.4 Å². The Balaban J connectivity index is 1.73. The summed E-state index contributed by atoms with van der Waals surface area (Å²) in [5.74, 6) is -1.83. The minimum absolute atomic E-state index is 0.0336. The van der Waals surface area contributed by atoms with Crippen LogP contribution in [-0.2, 0) is 16.1 Å². The average Bonchev–Trinajstić information content (AvgIpc) is 3.34. The van der Waals surface area contributed by atoms with Gasteiger partial charge >= 0.3 is 0 Å². The Hall–Kier alpha value is -4.78. The van der Waals surface area contributed by atoms with E-state index in [1.807, 2.05) is 13.8 Å². The van der Waals surface area contributed by atoms with E-state index in [2.05, 4.69) is 10.1 Å². The maximum Gasteiger partial charge on any atom is 0.275 e. The quantitative estimate of drug-likeness (QED) is 0.409. The smallest absolute Gasteiger partial charge is 0.275 e. The van der Waals surface area contributed by atoms with Gasteiger partial charge in [0.1, 0.15) is 36.3 Å². The SMILES string of the molecule is COc1cc2c(cc1C(C=NCC(N)=O)=CN)-c1c(c(C(=O)N3CCOCC3(C)C)nn1-c1cc(F)cc(F)c1)CO2. The summed E-state index contributed by atoms with van der Waals surface area (Å²) in [6.07, 6.45) is 2.67. The maximum atomic E-state index is 14.4. The van der Waals surface area contributed by atoms with Gasteiger partial charge in [0.05, 0.1) is 37.2 Å². The van der Waals surface area contributed by atoms with Crippen LogP contribution < -0.4 is 20.9 Å². The maximum absolute atomic E-state index is 14.4. The molecule has 0 bridgehead atoms. The van der Waals surface area contributed by atoms with Crippen LogP contribution in [0, 0.1) is 11.6 Å². The van der Waals surface area contributed by atoms with Crippen molar-refractivity contribution in [2.45, 2.75) is 26.0 Å². The van der Waals surface area contributed by atoms with E-state index in [1.165, 1.54) is 24.2 Å². The monoisotopic (exact) mass is 580 g/mol. The second-order valence-corrected chi connectivity index (χ2v) is 10.4. The first-order valence-electron chi connectivity index (χ1n) is 13.1. The Labute approximate surface area is 240 Å². The number of methoxy groups -OCH3 is 1. The summed E-state index contributed by atoms with van der Waals surface area (Å²) in [4.78, 5) is 30.9. The van der Waals surface area contributed by atoms with Crippen LogP contribution >= 0.6 is 0 Å². The number of amides is 2. The van der Waals surface area contributed by atoms with Gasteiger partial charge in [-0.15, -0.1) is 0 Å². The lowest BCUT2D eigenvalue weighted by Crippen LogP contribution is -2.55. The third-order valence-electron chi connectivity index (χ3n) is 7.07. The second kappa shape index (κ2) is 11.2. The Morgan fingerprint density at radius 2 is 1.93 bits per heavy atom. The van der Waals surface area contributed by atoms with Crippen LogP contribution in [0.5, 0.6) is 11.5 Å². The third-order valence-corrected chi connectivity index (χ3v) is 7.07. The fourth-order valence-electron chi connectivity index (χ4n) is 5.09. The number of ether oxygens (including phenoxy) is 3. The summed E-state index contributed by atoms with van der Waals surface area (Å²) in [6.45, 7) is 4.54. The van der Waals surface area contributed by atoms with Crippen LogP contribution in [0.4, 0.5) is 8.78 Å². The molecule has 1 fully saturated rings. The number of primary amides is 1. The van der Waals surface area contributed by atoms with E-state index in [0.29, 0.717) is 59.2 Å². The number of rotatable bonds is 7. The van der Waals surface area contributed by atoms with E-state index in [0.717, 1.165) is 18.2 Å². The number of benzene rings is 2. The summed E-state index contributed by atoms with van der Waals surface area (Å²) < 4.78 is 47.4. The van der Waals surface area contributed by atoms with Crippen molar-refractivity contribution in [3.05, 3.63) is 65.0 Å². The number of aromatic nitrogens is 2. The van der Waals surface area contributed by atoms with E-state index in [4.69, 9.17) is 25.7 Å². The molecular weight excluding hydrogens is 550 g/mol. The number of carbonyl (C=O) groups is 2. The van der Waals surface area contributed by atoms with Crippen molar-refractivity contribution in [3.8, 4) is 28.4 Å². The van der Waals surface area contributed by atoms with Crippen LogP contribution in [0.25, 0.3) is 22.5 Å². The largest absolute Gasteiger partial charge is 0.496 e. The average molecular weight is 581 g/mol. The fraction of sp³-hybridized carbons (Fsp3) is 0.310. The highest BCUT2D eigenvalue weighted by molar-refractivity contribution is 6.11. The van der Waals surface area contributed by atoms with Gasteiger partial charge in [-0.25, -0.2) is 13.5 Å². The van der Waals surface area contributed by atoms with E-state index >= 15 is 0 Å². The Morgan fingerprint density at radius 1 is 1.19 bits per heavy atom. The van der Waals surface area contributed by atoms with E-state index in [9.17, 15) is 18.4 Å². The highest BCUT2D eigenvalue weighted by atomic mass is 19.1. The lowest BCUT2D eigenvalue weighted by Gasteiger charge is -2.41. The predicted octanol–water partition coefficient (Wildman–Crippen LogP) is 2.83. The lowest BCUT2D eigenvalue weighted by atomic mass is 9.95. The molecule has 3 aromatic rings. The molecule has 1 aromatic heterocycles. The van der Waals surface area contributed by atoms with Gasteiger partial charge in [0.2, 0.25) is 5.91 Å². The molecule has 0 atom stereocenters. The molecule has 220 valence electrons. The number of halogens is 2. The van der Waals surface area contributed by atoms with Crippen molar-refractivity contribution >= 4 is 23.6 Å². The summed E-state index contributed by atoms with van der Waals surface area (Å²) in [5.41, 5.74) is 12.8. The summed E-state index contributed by atoms with van der Waals surface area (Å²) in [6, 6.07) is 6.34. The molecular formula is C29H30F2N6O5. The number of aliphatic imine (C=N–C) groups is 1. The van der Waals surface area contributed by atoms with Crippen molar-refractivity contribution in [2.75, 3.05) is 33.4 Å². The van der Waals surface area contributed by atoms with Gasteiger partial charge in [0.25, 0.3) is 5.91 Å².